The Morgan fingerprint density at radius 1 is 1.21 bits per heavy atom. The van der Waals surface area contributed by atoms with E-state index in [2.05, 4.69) is 6.92 Å². The van der Waals surface area contributed by atoms with Gasteiger partial charge in [0.15, 0.2) is 0 Å². The number of carbonyl (C=O) groups excluding carboxylic acids is 1. The van der Waals surface area contributed by atoms with Gasteiger partial charge in [-0.25, -0.2) is 0 Å². The Morgan fingerprint density at radius 3 is 2.67 bits per heavy atom. The monoisotopic (exact) mass is 354 g/mol. The van der Waals surface area contributed by atoms with Gasteiger partial charge in [-0.3, -0.25) is 4.79 Å². The molecule has 1 rings (SSSR count). The number of carbonyl (C=O) groups is 1. The molecule has 0 aliphatic heterocycles. The van der Waals surface area contributed by atoms with Crippen molar-refractivity contribution in [1.29, 1.82) is 0 Å². The van der Waals surface area contributed by atoms with Crippen molar-refractivity contribution in [2.75, 3.05) is 6.61 Å². The molecule has 1 aliphatic rings. The normalized spacial score (nSPS) is 21.0. The molecule has 4 heteroatoms. The third-order valence-electron chi connectivity index (χ3n) is 4.28. The van der Waals surface area contributed by atoms with Gasteiger partial charge in [0, 0.05) is 18.1 Å². The Bertz CT molecular complexity index is 466. The van der Waals surface area contributed by atoms with Gasteiger partial charge in [-0.15, -0.1) is 0 Å². The summed E-state index contributed by atoms with van der Waals surface area (Å²) in [5.41, 5.74) is 0.721. The summed E-state index contributed by atoms with van der Waals surface area (Å²) in [4.78, 5) is 12.1. The van der Waals surface area contributed by atoms with E-state index < -0.39 is 6.10 Å². The average molecular weight is 355 g/mol. The molecule has 1 aliphatic carbocycles. The van der Waals surface area contributed by atoms with E-state index in [0.717, 1.165) is 63.4 Å². The van der Waals surface area contributed by atoms with Gasteiger partial charge in [0.2, 0.25) is 5.78 Å². The van der Waals surface area contributed by atoms with E-state index in [-0.39, 0.29) is 23.3 Å². The smallest absolute Gasteiger partial charge is 0.200 e. The van der Waals surface area contributed by atoms with Gasteiger partial charge < -0.3 is 10.2 Å². The molecule has 0 aromatic heterocycles. The predicted molar refractivity (Wildman–Crippen MR) is 100.0 cm³/mol. The topological polar surface area (TPSA) is 57.5 Å². The fourth-order valence-electron chi connectivity index (χ4n) is 2.82. The summed E-state index contributed by atoms with van der Waals surface area (Å²) in [6.07, 6.45) is 15.7. The minimum atomic E-state index is -0.459. The van der Waals surface area contributed by atoms with E-state index in [9.17, 15) is 9.90 Å². The number of aliphatic hydroxyl groups excluding tert-OH is 2. The molecule has 2 unspecified atom stereocenters. The molecule has 136 valence electrons. The molecule has 24 heavy (non-hydrogen) atoms. The van der Waals surface area contributed by atoms with Crippen molar-refractivity contribution in [2.45, 2.75) is 70.8 Å². The standard InChI is InChI=1S/C20H31ClO3/c1-2-3-7-10-17(23)13-12-16-15-19(21)20(24)18(16)11-8-5-4-6-9-14-22/h11-13,15-17,22-23H,2-10,14H2,1H3/b13-12+,18-11-. The van der Waals surface area contributed by atoms with E-state index in [1.165, 1.54) is 0 Å². The summed E-state index contributed by atoms with van der Waals surface area (Å²) in [6, 6.07) is 0. The number of hydrogen-bond donors (Lipinski definition) is 2. The van der Waals surface area contributed by atoms with Gasteiger partial charge in [0.05, 0.1) is 11.1 Å². The molecule has 0 aromatic rings. The first-order chi connectivity index (χ1) is 11.6. The first kappa shape index (κ1) is 21.1. The summed E-state index contributed by atoms with van der Waals surface area (Å²) in [6.45, 7) is 2.38. The van der Waals surface area contributed by atoms with Crippen molar-refractivity contribution >= 4 is 17.4 Å². The summed E-state index contributed by atoms with van der Waals surface area (Å²) >= 11 is 6.00. The van der Waals surface area contributed by atoms with Crippen LogP contribution in [0, 0.1) is 5.92 Å². The second-order valence-corrected chi connectivity index (χ2v) is 6.81. The maximum atomic E-state index is 12.1. The van der Waals surface area contributed by atoms with Gasteiger partial charge in [-0.05, 0) is 25.7 Å². The van der Waals surface area contributed by atoms with E-state index in [1.54, 1.807) is 12.2 Å². The molecule has 0 radical (unpaired) electrons. The van der Waals surface area contributed by atoms with Crippen LogP contribution < -0.4 is 0 Å². The molecule has 0 amide bonds. The average Bonchev–Trinajstić information content (AvgIpc) is 2.84. The highest BCUT2D eigenvalue weighted by Gasteiger charge is 2.26. The van der Waals surface area contributed by atoms with Gasteiger partial charge in [-0.2, -0.15) is 0 Å². The van der Waals surface area contributed by atoms with Crippen LogP contribution in [0.5, 0.6) is 0 Å². The molecule has 0 heterocycles. The van der Waals surface area contributed by atoms with Gasteiger partial charge in [-0.1, -0.05) is 74.9 Å². The largest absolute Gasteiger partial charge is 0.396 e. The highest BCUT2D eigenvalue weighted by atomic mass is 35.5. The summed E-state index contributed by atoms with van der Waals surface area (Å²) in [5.74, 6) is -0.217. The molecular formula is C20H31ClO3. The van der Waals surface area contributed by atoms with Crippen molar-refractivity contribution in [3.05, 3.63) is 34.9 Å². The molecule has 2 N–H and O–H groups in total. The second-order valence-electron chi connectivity index (χ2n) is 6.40. The maximum absolute atomic E-state index is 12.1. The number of rotatable bonds is 12. The van der Waals surface area contributed by atoms with Crippen LogP contribution in [-0.4, -0.2) is 28.7 Å². The van der Waals surface area contributed by atoms with Crippen LogP contribution in [0.15, 0.2) is 34.9 Å². The molecule has 2 atom stereocenters. The Labute approximate surface area is 151 Å². The number of aliphatic hydroxyl groups is 2. The Balaban J connectivity index is 2.51. The van der Waals surface area contributed by atoms with E-state index in [1.807, 2.05) is 12.2 Å². The minimum absolute atomic E-state index is 0.0952. The summed E-state index contributed by atoms with van der Waals surface area (Å²) in [7, 11) is 0. The van der Waals surface area contributed by atoms with Crippen molar-refractivity contribution in [3.63, 3.8) is 0 Å². The highest BCUT2D eigenvalue weighted by Crippen LogP contribution is 2.31. The van der Waals surface area contributed by atoms with Crippen molar-refractivity contribution in [2.24, 2.45) is 5.92 Å². The molecule has 0 spiro atoms. The van der Waals surface area contributed by atoms with Crippen LogP contribution in [0.2, 0.25) is 0 Å². The number of ketones is 1. The first-order valence-electron chi connectivity index (χ1n) is 9.19. The van der Waals surface area contributed by atoms with E-state index >= 15 is 0 Å². The molecular weight excluding hydrogens is 324 g/mol. The van der Waals surface area contributed by atoms with Crippen molar-refractivity contribution in [1.82, 2.24) is 0 Å². The zero-order valence-electron chi connectivity index (χ0n) is 14.7. The molecule has 3 nitrogen and oxygen atoms in total. The predicted octanol–water partition coefficient (Wildman–Crippen LogP) is 4.67. The van der Waals surface area contributed by atoms with Crippen molar-refractivity contribution < 1.29 is 15.0 Å². The van der Waals surface area contributed by atoms with Crippen LogP contribution in [-0.2, 0) is 4.79 Å². The first-order valence-corrected chi connectivity index (χ1v) is 9.57. The fourth-order valence-corrected chi connectivity index (χ4v) is 3.06. The lowest BCUT2D eigenvalue weighted by atomic mass is 9.98. The second kappa shape index (κ2) is 12.5. The van der Waals surface area contributed by atoms with Gasteiger partial charge in [0.25, 0.3) is 0 Å². The molecule has 0 bridgehead atoms. The maximum Gasteiger partial charge on any atom is 0.200 e. The molecule has 0 saturated heterocycles. The van der Waals surface area contributed by atoms with Crippen LogP contribution in [0.1, 0.15) is 64.7 Å². The lowest BCUT2D eigenvalue weighted by molar-refractivity contribution is -0.111. The van der Waals surface area contributed by atoms with Crippen LogP contribution >= 0.6 is 11.6 Å². The number of unbranched alkanes of at least 4 members (excludes halogenated alkanes) is 6. The SMILES string of the molecule is CCCCCC(O)/C=C/C1C=C(Cl)C(=O)/C1=C\CCCCCCO. The molecule has 0 aromatic carbocycles. The van der Waals surface area contributed by atoms with E-state index in [0.29, 0.717) is 0 Å². The zero-order chi connectivity index (χ0) is 17.8. The Kier molecular flexibility index (Phi) is 11.0. The van der Waals surface area contributed by atoms with Crippen LogP contribution in [0.4, 0.5) is 0 Å². The Morgan fingerprint density at radius 2 is 1.96 bits per heavy atom. The summed E-state index contributed by atoms with van der Waals surface area (Å²) < 4.78 is 0. The Hall–Kier alpha value is -0.900. The van der Waals surface area contributed by atoms with E-state index in [4.69, 9.17) is 16.7 Å². The number of halogens is 1. The van der Waals surface area contributed by atoms with Gasteiger partial charge >= 0.3 is 0 Å². The third-order valence-corrected chi connectivity index (χ3v) is 4.58. The highest BCUT2D eigenvalue weighted by molar-refractivity contribution is 6.46. The zero-order valence-corrected chi connectivity index (χ0v) is 15.5. The summed E-state index contributed by atoms with van der Waals surface area (Å²) in [5, 5.41) is 19.0. The quantitative estimate of drug-likeness (QED) is 0.304. The van der Waals surface area contributed by atoms with Crippen LogP contribution in [0.3, 0.4) is 0 Å². The lowest BCUT2D eigenvalue weighted by Crippen LogP contribution is -2.05. The van der Waals surface area contributed by atoms with Gasteiger partial charge in [0.1, 0.15) is 0 Å². The minimum Gasteiger partial charge on any atom is -0.396 e. The number of Topliss-reactive ketones (excluding diaryl/α,β-unsaturated/α-hetero) is 1. The number of hydrogen-bond acceptors (Lipinski definition) is 3. The molecule has 0 fully saturated rings. The fraction of sp³-hybridized carbons (Fsp3) is 0.650. The van der Waals surface area contributed by atoms with Crippen LogP contribution in [0.25, 0.3) is 0 Å². The number of allylic oxidation sites excluding steroid dienone is 5. The lowest BCUT2D eigenvalue weighted by Gasteiger charge is -2.08. The van der Waals surface area contributed by atoms with Crippen molar-refractivity contribution in [3.8, 4) is 0 Å². The third kappa shape index (κ3) is 7.78. The molecule has 0 saturated carbocycles.